The van der Waals surface area contributed by atoms with Crippen LogP contribution < -0.4 is 5.76 Å². The molecule has 0 atom stereocenters. The molecule has 1 N–H and O–H groups in total. The minimum absolute atomic E-state index is 0.394. The second kappa shape index (κ2) is 2.55. The van der Waals surface area contributed by atoms with Gasteiger partial charge in [0.2, 0.25) is 0 Å². The third-order valence-corrected chi connectivity index (χ3v) is 1.77. The van der Waals surface area contributed by atoms with Crippen LogP contribution in [-0.2, 0) is 0 Å². The summed E-state index contributed by atoms with van der Waals surface area (Å²) >= 11 is 0. The zero-order valence-electron chi connectivity index (χ0n) is 6.90. The number of aromatic nitrogens is 1. The molecule has 2 rings (SSSR count). The predicted molar refractivity (Wildman–Crippen MR) is 46.0 cm³/mol. The van der Waals surface area contributed by atoms with Crippen LogP contribution in [0.2, 0.25) is 0 Å². The van der Waals surface area contributed by atoms with E-state index in [-0.39, 0.29) is 0 Å². The first-order valence-corrected chi connectivity index (χ1v) is 3.70. The average molecular weight is 179 g/mol. The third-order valence-electron chi connectivity index (χ3n) is 1.77. The van der Waals surface area contributed by atoms with Gasteiger partial charge in [-0.15, -0.1) is 0 Å². The van der Waals surface area contributed by atoms with Gasteiger partial charge in [-0.2, -0.15) is 0 Å². The number of aromatic amines is 1. The first-order chi connectivity index (χ1) is 6.16. The summed E-state index contributed by atoms with van der Waals surface area (Å²) < 4.78 is 5.48. The summed E-state index contributed by atoms with van der Waals surface area (Å²) in [5.41, 5.74) is 1.44. The Morgan fingerprint density at radius 1 is 1.46 bits per heavy atom. The monoisotopic (exact) mass is 179 g/mol. The van der Waals surface area contributed by atoms with Gasteiger partial charge in [0.05, 0.1) is 11.6 Å². The van der Waals surface area contributed by atoms with Crippen LogP contribution in [0, 0.1) is 4.91 Å². The van der Waals surface area contributed by atoms with Gasteiger partial charge in [0.15, 0.2) is 12.6 Å². The van der Waals surface area contributed by atoms with Crippen molar-refractivity contribution in [1.82, 2.24) is 4.98 Å². The maximum Gasteiger partial charge on any atom is 0.417 e. The molecule has 5 nitrogen and oxygen atoms in total. The van der Waals surface area contributed by atoms with Crippen LogP contribution >= 0.6 is 0 Å². The number of nitrogens with one attached hydrogen (secondary N) is 1. The molecule has 0 radical (unpaired) electrons. The molecule has 0 aliphatic heterocycles. The zero-order chi connectivity index (χ0) is 9.42. The lowest BCUT2D eigenvalue weighted by atomic mass is 10.3. The second-order valence-electron chi connectivity index (χ2n) is 2.69. The number of hydrogen-bond acceptors (Lipinski definition) is 3. The van der Waals surface area contributed by atoms with E-state index in [9.17, 15) is 9.70 Å². The van der Waals surface area contributed by atoms with Crippen molar-refractivity contribution in [3.8, 4) is 0 Å². The molecular weight excluding hydrogens is 172 g/mol. The van der Waals surface area contributed by atoms with Gasteiger partial charge >= 0.3 is 5.76 Å². The summed E-state index contributed by atoms with van der Waals surface area (Å²) in [6.07, 6.45) is 0. The van der Waals surface area contributed by atoms with E-state index in [4.69, 9.17) is 4.42 Å². The Bertz CT molecular complexity index is 523. The van der Waals surface area contributed by atoms with Crippen molar-refractivity contribution >= 4 is 16.8 Å². The number of hydrogen-bond donors (Lipinski definition) is 1. The molecule has 0 bridgehead atoms. The van der Waals surface area contributed by atoms with Crippen LogP contribution in [0.5, 0.6) is 0 Å². The summed E-state index contributed by atoms with van der Waals surface area (Å²) in [6.45, 7) is 0. The largest absolute Gasteiger partial charge is 0.417 e. The standard InChI is InChI=1S/C8H6N2O3/c1-10(12)5-2-3-6-7(4-5)13-8(11)9-6/h2-4H,1H3/p+1. The fourth-order valence-electron chi connectivity index (χ4n) is 1.13. The smallest absolute Gasteiger partial charge is 0.408 e. The van der Waals surface area contributed by atoms with Crippen molar-refractivity contribution in [3.63, 3.8) is 0 Å². The van der Waals surface area contributed by atoms with Crippen LogP contribution in [0.15, 0.2) is 27.4 Å². The molecule has 0 aliphatic rings. The summed E-state index contributed by atoms with van der Waals surface area (Å²) in [5.74, 6) is -0.513. The minimum Gasteiger partial charge on any atom is -0.408 e. The SMILES string of the molecule is C[N+](=O)c1ccc2[nH]c(=O)oc2c1. The molecule has 1 aromatic carbocycles. The van der Waals surface area contributed by atoms with Gasteiger partial charge in [-0.3, -0.25) is 4.98 Å². The van der Waals surface area contributed by atoms with Crippen LogP contribution in [0.4, 0.5) is 5.69 Å². The van der Waals surface area contributed by atoms with E-state index < -0.39 is 5.76 Å². The molecule has 0 aliphatic carbocycles. The Morgan fingerprint density at radius 2 is 2.23 bits per heavy atom. The van der Waals surface area contributed by atoms with E-state index in [1.807, 2.05) is 0 Å². The molecule has 0 unspecified atom stereocenters. The van der Waals surface area contributed by atoms with E-state index in [2.05, 4.69) is 4.98 Å². The highest BCUT2D eigenvalue weighted by Gasteiger charge is 2.09. The van der Waals surface area contributed by atoms with E-state index in [0.717, 1.165) is 0 Å². The Balaban J connectivity index is 2.74. The van der Waals surface area contributed by atoms with Gasteiger partial charge in [-0.25, -0.2) is 4.79 Å². The van der Waals surface area contributed by atoms with Crippen molar-refractivity contribution in [1.29, 1.82) is 0 Å². The lowest BCUT2D eigenvalue weighted by Crippen LogP contribution is -1.92. The molecule has 0 spiro atoms. The molecule has 1 aromatic heterocycles. The molecule has 5 heteroatoms. The lowest BCUT2D eigenvalue weighted by molar-refractivity contribution is -0.428. The van der Waals surface area contributed by atoms with Gasteiger partial charge in [-0.1, -0.05) is 0 Å². The third kappa shape index (κ3) is 1.24. The Morgan fingerprint density at radius 3 is 2.92 bits per heavy atom. The molecular formula is C8H7N2O3+. The highest BCUT2D eigenvalue weighted by molar-refractivity contribution is 5.74. The maximum atomic E-state index is 10.9. The van der Waals surface area contributed by atoms with Crippen LogP contribution in [0.25, 0.3) is 11.1 Å². The topological polar surface area (TPSA) is 66.1 Å². The van der Waals surface area contributed by atoms with Gasteiger partial charge in [0, 0.05) is 15.7 Å². The van der Waals surface area contributed by atoms with Crippen LogP contribution in [0.3, 0.4) is 0 Å². The molecule has 0 saturated carbocycles. The number of H-pyrrole nitrogens is 1. The minimum atomic E-state index is -0.513. The van der Waals surface area contributed by atoms with Gasteiger partial charge in [0.1, 0.15) is 0 Å². The van der Waals surface area contributed by atoms with E-state index >= 15 is 0 Å². The average Bonchev–Trinajstić information content (AvgIpc) is 2.42. The Kier molecular flexibility index (Phi) is 1.51. The molecule has 0 fully saturated rings. The van der Waals surface area contributed by atoms with Gasteiger partial charge in [0.25, 0.3) is 5.69 Å². The molecule has 2 aromatic rings. The summed E-state index contributed by atoms with van der Waals surface area (Å²) in [4.78, 5) is 24.1. The summed E-state index contributed by atoms with van der Waals surface area (Å²) in [5, 5.41) is 0. The number of fused-ring (bicyclic) bond motifs is 1. The second-order valence-corrected chi connectivity index (χ2v) is 2.69. The van der Waals surface area contributed by atoms with Gasteiger partial charge < -0.3 is 4.42 Å². The van der Waals surface area contributed by atoms with E-state index in [0.29, 0.717) is 21.5 Å². The first kappa shape index (κ1) is 7.72. The van der Waals surface area contributed by atoms with Gasteiger partial charge in [-0.05, 0) is 6.07 Å². The zero-order valence-corrected chi connectivity index (χ0v) is 6.90. The van der Waals surface area contributed by atoms with E-state index in [1.54, 1.807) is 12.1 Å². The fourth-order valence-corrected chi connectivity index (χ4v) is 1.13. The Hall–Kier alpha value is -1.91. The fraction of sp³-hybridized carbons (Fsp3) is 0.125. The lowest BCUT2D eigenvalue weighted by Gasteiger charge is -1.86. The number of nitrogens with zero attached hydrogens (tertiary/aromatic N) is 1. The molecule has 66 valence electrons. The summed E-state index contributed by atoms with van der Waals surface area (Å²) in [7, 11) is 1.38. The first-order valence-electron chi connectivity index (χ1n) is 3.70. The van der Waals surface area contributed by atoms with Crippen molar-refractivity contribution in [3.05, 3.63) is 33.7 Å². The predicted octanol–water partition coefficient (Wildman–Crippen LogP) is 1.16. The van der Waals surface area contributed by atoms with Crippen LogP contribution in [0.1, 0.15) is 0 Å². The summed E-state index contributed by atoms with van der Waals surface area (Å²) in [6, 6.07) is 4.75. The molecule has 0 saturated heterocycles. The molecule has 13 heavy (non-hydrogen) atoms. The van der Waals surface area contributed by atoms with Crippen molar-refractivity contribution < 1.29 is 9.18 Å². The normalized spacial score (nSPS) is 10.5. The number of benzene rings is 1. The highest BCUT2D eigenvalue weighted by atomic mass is 16.4. The number of nitroso groups, excluding NO2 is 1. The van der Waals surface area contributed by atoms with Crippen molar-refractivity contribution in [2.75, 3.05) is 7.05 Å². The quantitative estimate of drug-likeness (QED) is 0.668. The van der Waals surface area contributed by atoms with Crippen molar-refractivity contribution in [2.24, 2.45) is 0 Å². The van der Waals surface area contributed by atoms with E-state index in [1.165, 1.54) is 13.1 Å². The molecule has 0 amide bonds. The van der Waals surface area contributed by atoms with Crippen LogP contribution in [-0.4, -0.2) is 16.8 Å². The number of rotatable bonds is 1. The molecule has 1 heterocycles. The Labute approximate surface area is 72.6 Å². The highest BCUT2D eigenvalue weighted by Crippen LogP contribution is 2.17. The maximum absolute atomic E-state index is 10.9. The van der Waals surface area contributed by atoms with Crippen molar-refractivity contribution in [2.45, 2.75) is 0 Å². The number of oxazole rings is 1.